The van der Waals surface area contributed by atoms with Gasteiger partial charge in [0.25, 0.3) is 0 Å². The van der Waals surface area contributed by atoms with Gasteiger partial charge in [-0.1, -0.05) is 12.1 Å². The van der Waals surface area contributed by atoms with E-state index in [1.165, 1.54) is 6.07 Å². The summed E-state index contributed by atoms with van der Waals surface area (Å²) < 4.78 is 71.1. The molecule has 140 valence electrons. The van der Waals surface area contributed by atoms with Gasteiger partial charge in [-0.15, -0.1) is 0 Å². The Labute approximate surface area is 146 Å². The predicted octanol–water partition coefficient (Wildman–Crippen LogP) is 2.74. The van der Waals surface area contributed by atoms with Gasteiger partial charge >= 0.3 is 12.1 Å². The number of oxazole rings is 1. The molecule has 0 spiro atoms. The highest BCUT2D eigenvalue weighted by Crippen LogP contribution is 2.39. The van der Waals surface area contributed by atoms with Crippen LogP contribution in [0.3, 0.4) is 0 Å². The number of aromatic nitrogens is 1. The molecule has 1 heterocycles. The zero-order valence-corrected chi connectivity index (χ0v) is 13.9. The molecule has 1 aliphatic carbocycles. The lowest BCUT2D eigenvalue weighted by atomic mass is 10.2. The number of nitrogens with zero attached hydrogens (tertiary/aromatic N) is 2. The van der Waals surface area contributed by atoms with Crippen LogP contribution in [0.25, 0.3) is 0 Å². The third kappa shape index (κ3) is 3.58. The minimum absolute atomic E-state index is 0.206. The average molecular weight is 390 g/mol. The smallest absolute Gasteiger partial charge is 0.417 e. The van der Waals surface area contributed by atoms with E-state index in [1.54, 1.807) is 0 Å². The number of sulfonamides is 1. The van der Waals surface area contributed by atoms with E-state index in [0.29, 0.717) is 18.9 Å². The van der Waals surface area contributed by atoms with E-state index >= 15 is 0 Å². The van der Waals surface area contributed by atoms with Crippen molar-refractivity contribution >= 4 is 16.0 Å². The van der Waals surface area contributed by atoms with Crippen LogP contribution in [0.5, 0.6) is 0 Å². The second-order valence-corrected chi connectivity index (χ2v) is 7.57. The molecule has 0 bridgehead atoms. The second-order valence-electron chi connectivity index (χ2n) is 5.71. The minimum atomic E-state index is -4.84. The Hall–Kier alpha value is -2.40. The molecule has 1 fully saturated rings. The highest BCUT2D eigenvalue weighted by atomic mass is 32.2. The summed E-state index contributed by atoms with van der Waals surface area (Å²) in [4.78, 5) is 13.6. The van der Waals surface area contributed by atoms with Gasteiger partial charge in [-0.2, -0.15) is 17.5 Å². The van der Waals surface area contributed by atoms with Gasteiger partial charge in [0.2, 0.25) is 15.9 Å². The molecule has 1 aliphatic rings. The molecule has 1 aromatic heterocycles. The molecular formula is C15H13F3N2O5S. The van der Waals surface area contributed by atoms with Gasteiger partial charge in [-0.05, 0) is 25.0 Å². The van der Waals surface area contributed by atoms with E-state index < -0.39 is 50.9 Å². The molecule has 11 heteroatoms. The van der Waals surface area contributed by atoms with Crippen molar-refractivity contribution in [2.75, 3.05) is 0 Å². The maximum atomic E-state index is 13.2. The van der Waals surface area contributed by atoms with Gasteiger partial charge in [0, 0.05) is 6.04 Å². The molecule has 0 unspecified atom stereocenters. The van der Waals surface area contributed by atoms with Crippen LogP contribution >= 0.6 is 0 Å². The topological polar surface area (TPSA) is 101 Å². The molecule has 1 aromatic carbocycles. The van der Waals surface area contributed by atoms with Crippen LogP contribution in [0.4, 0.5) is 13.2 Å². The Morgan fingerprint density at radius 1 is 1.31 bits per heavy atom. The van der Waals surface area contributed by atoms with Gasteiger partial charge in [0.15, 0.2) is 5.69 Å². The fourth-order valence-electron chi connectivity index (χ4n) is 2.44. The van der Waals surface area contributed by atoms with E-state index in [4.69, 9.17) is 9.52 Å². The van der Waals surface area contributed by atoms with E-state index in [-0.39, 0.29) is 5.89 Å². The van der Waals surface area contributed by atoms with E-state index in [2.05, 4.69) is 4.98 Å². The summed E-state index contributed by atoms with van der Waals surface area (Å²) in [6.45, 7) is -0.452. The van der Waals surface area contributed by atoms with Crippen molar-refractivity contribution in [3.8, 4) is 0 Å². The number of carboxylic acids is 1. The fraction of sp³-hybridized carbons (Fsp3) is 0.333. The summed E-state index contributed by atoms with van der Waals surface area (Å²) >= 11 is 0. The molecule has 0 aliphatic heterocycles. The van der Waals surface area contributed by atoms with Gasteiger partial charge in [0.1, 0.15) is 6.26 Å². The lowest BCUT2D eigenvalue weighted by Crippen LogP contribution is -2.34. The lowest BCUT2D eigenvalue weighted by molar-refractivity contribution is -0.139. The number of aromatic carboxylic acids is 1. The van der Waals surface area contributed by atoms with Crippen molar-refractivity contribution in [2.24, 2.45) is 0 Å². The first-order valence-electron chi connectivity index (χ1n) is 7.46. The van der Waals surface area contributed by atoms with Gasteiger partial charge in [-0.25, -0.2) is 18.2 Å². The van der Waals surface area contributed by atoms with E-state index in [9.17, 15) is 26.4 Å². The molecule has 0 radical (unpaired) electrons. The van der Waals surface area contributed by atoms with Crippen LogP contribution in [0.15, 0.2) is 39.8 Å². The molecule has 2 aromatic rings. The van der Waals surface area contributed by atoms with Crippen molar-refractivity contribution in [3.63, 3.8) is 0 Å². The van der Waals surface area contributed by atoms with Crippen molar-refractivity contribution in [2.45, 2.75) is 36.5 Å². The molecular weight excluding hydrogens is 377 g/mol. The summed E-state index contributed by atoms with van der Waals surface area (Å²) in [5.41, 5.74) is -1.67. The summed E-state index contributed by atoms with van der Waals surface area (Å²) in [5, 5.41) is 8.84. The molecule has 3 rings (SSSR count). The molecule has 1 saturated carbocycles. The van der Waals surface area contributed by atoms with Crippen LogP contribution in [0.2, 0.25) is 0 Å². The highest BCUT2D eigenvalue weighted by molar-refractivity contribution is 7.89. The maximum Gasteiger partial charge on any atom is 0.417 e. The van der Waals surface area contributed by atoms with E-state index in [0.717, 1.165) is 22.7 Å². The monoisotopic (exact) mass is 390 g/mol. The van der Waals surface area contributed by atoms with Crippen LogP contribution < -0.4 is 0 Å². The number of halogens is 3. The lowest BCUT2D eigenvalue weighted by Gasteiger charge is -2.22. The number of benzene rings is 1. The Morgan fingerprint density at radius 2 is 1.96 bits per heavy atom. The molecule has 0 saturated heterocycles. The second kappa shape index (κ2) is 6.40. The van der Waals surface area contributed by atoms with Gasteiger partial charge < -0.3 is 9.52 Å². The molecule has 0 atom stereocenters. The maximum absolute atomic E-state index is 13.2. The largest absolute Gasteiger partial charge is 0.476 e. The zero-order valence-electron chi connectivity index (χ0n) is 13.1. The molecule has 26 heavy (non-hydrogen) atoms. The Morgan fingerprint density at radius 3 is 2.50 bits per heavy atom. The SMILES string of the molecule is O=C(O)c1coc(CN(C2CC2)S(=O)(=O)c2ccccc2C(F)(F)F)n1. The summed E-state index contributed by atoms with van der Waals surface area (Å²) in [6, 6.07) is 3.43. The van der Waals surface area contributed by atoms with Gasteiger partial charge in [-0.3, -0.25) is 0 Å². The first kappa shape index (κ1) is 18.4. The quantitative estimate of drug-likeness (QED) is 0.814. The van der Waals surface area contributed by atoms with Crippen LogP contribution in [0, 0.1) is 0 Å². The number of rotatable bonds is 6. The van der Waals surface area contributed by atoms with Gasteiger partial charge in [0.05, 0.1) is 17.0 Å². The van der Waals surface area contributed by atoms with E-state index in [1.807, 2.05) is 0 Å². The standard InChI is InChI=1S/C15H13F3N2O5S/c16-15(17,18)10-3-1-2-4-12(10)26(23,24)20(9-5-6-9)7-13-19-11(8-25-13)14(21)22/h1-4,8-9H,5-7H2,(H,21,22). The Kier molecular flexibility index (Phi) is 4.53. The fourth-order valence-corrected chi connectivity index (χ4v) is 4.29. The van der Waals surface area contributed by atoms with Crippen LogP contribution in [0.1, 0.15) is 34.8 Å². The summed E-state index contributed by atoms with van der Waals surface area (Å²) in [6.07, 6.45) is -3.02. The molecule has 0 amide bonds. The predicted molar refractivity (Wildman–Crippen MR) is 80.7 cm³/mol. The average Bonchev–Trinajstić information content (AvgIpc) is 3.28. The van der Waals surface area contributed by atoms with Crippen LogP contribution in [-0.2, 0) is 22.7 Å². The van der Waals surface area contributed by atoms with Crippen molar-refractivity contribution < 1.29 is 35.9 Å². The molecule has 7 nitrogen and oxygen atoms in total. The van der Waals surface area contributed by atoms with Crippen molar-refractivity contribution in [1.82, 2.24) is 9.29 Å². The zero-order chi connectivity index (χ0) is 19.1. The van der Waals surface area contributed by atoms with Crippen molar-refractivity contribution in [1.29, 1.82) is 0 Å². The first-order chi connectivity index (χ1) is 12.1. The number of carboxylic acid groups (broad SMARTS) is 1. The van der Waals surface area contributed by atoms with Crippen LogP contribution in [-0.4, -0.2) is 34.8 Å². The Balaban J connectivity index is 1.99. The number of alkyl halides is 3. The molecule has 1 N–H and O–H groups in total. The summed E-state index contributed by atoms with van der Waals surface area (Å²) in [5.74, 6) is -1.56. The first-order valence-corrected chi connectivity index (χ1v) is 8.90. The number of carbonyl (C=O) groups is 1. The number of hydrogen-bond donors (Lipinski definition) is 1. The van der Waals surface area contributed by atoms with Crippen molar-refractivity contribution in [3.05, 3.63) is 47.7 Å². The third-order valence-corrected chi connectivity index (χ3v) is 5.75. The Bertz CT molecular complexity index is 935. The number of hydrogen-bond acceptors (Lipinski definition) is 5. The third-order valence-electron chi connectivity index (χ3n) is 3.80. The highest BCUT2D eigenvalue weighted by Gasteiger charge is 2.43. The normalized spacial score (nSPS) is 15.4. The minimum Gasteiger partial charge on any atom is -0.476 e. The summed E-state index contributed by atoms with van der Waals surface area (Å²) in [7, 11) is -4.49.